The third-order valence-corrected chi connectivity index (χ3v) is 18.4. The summed E-state index contributed by atoms with van der Waals surface area (Å²) in [7, 11) is 0. The molecule has 3 heterocycles. The topological polar surface area (TPSA) is 356 Å². The molecule has 3 aromatic heterocycles. The van der Waals surface area contributed by atoms with Gasteiger partial charge in [-0.05, 0) is 108 Å². The first-order valence-corrected chi connectivity index (χ1v) is 32.0. The van der Waals surface area contributed by atoms with E-state index in [-0.39, 0.29) is 131 Å². The number of azide groups is 1. The highest BCUT2D eigenvalue weighted by molar-refractivity contribution is 5.98. The highest BCUT2D eigenvalue weighted by Gasteiger charge is 2.67. The van der Waals surface area contributed by atoms with Gasteiger partial charge in [-0.25, -0.2) is 0 Å². The number of rotatable bonds is 37. The summed E-state index contributed by atoms with van der Waals surface area (Å²) in [6.45, 7) is -2.61. The van der Waals surface area contributed by atoms with Gasteiger partial charge in [0.1, 0.15) is 31.2 Å². The Labute approximate surface area is 543 Å². The number of aliphatic hydroxyl groups is 6. The van der Waals surface area contributed by atoms with Gasteiger partial charge in [0.2, 0.25) is 22.2 Å². The lowest BCUT2D eigenvalue weighted by molar-refractivity contribution is -0.202. The number of ether oxygens (including phenoxy) is 3. The lowest BCUT2D eigenvalue weighted by Crippen LogP contribution is -2.65. The SMILES string of the molecule is [N-]=[N+]=NCCCCCC(=O)NCC12CC3(CNC(=O)c4c(OCc5ccccc5)c(=O)ccn4CC(O)CO)C[C@](CCC(=O)c4c(OCc5ccccc5)c(=O)ccn4CC(O)CO)(C1)C[C@](CCC(=O)c1c(OCc4ccccc4)c(=O)ccn1CC(O)CO)(C2)C3. The van der Waals surface area contributed by atoms with Gasteiger partial charge < -0.3 is 69.2 Å². The largest absolute Gasteiger partial charge is 0.483 e. The fourth-order valence-electron chi connectivity index (χ4n) is 15.2. The van der Waals surface area contributed by atoms with Crippen LogP contribution in [-0.2, 0) is 44.2 Å². The van der Waals surface area contributed by atoms with Gasteiger partial charge >= 0.3 is 0 Å². The minimum atomic E-state index is -1.34. The van der Waals surface area contributed by atoms with Crippen LogP contribution in [-0.4, -0.2) is 125 Å². The molecule has 0 radical (unpaired) electrons. The Hall–Kier alpha value is -8.74. The van der Waals surface area contributed by atoms with Crippen molar-refractivity contribution in [2.45, 2.75) is 148 Å². The molecule has 0 saturated heterocycles. The van der Waals surface area contributed by atoms with Crippen LogP contribution in [0.1, 0.15) is 138 Å². The molecule has 6 aromatic rings. The molecule has 4 aliphatic carbocycles. The summed E-state index contributed by atoms with van der Waals surface area (Å²) < 4.78 is 22.7. The van der Waals surface area contributed by atoms with Crippen molar-refractivity contribution in [3.63, 3.8) is 0 Å². The number of pyridine rings is 3. The van der Waals surface area contributed by atoms with Crippen LogP contribution >= 0.6 is 0 Å². The Morgan fingerprint density at radius 3 is 1.24 bits per heavy atom. The van der Waals surface area contributed by atoms with Gasteiger partial charge in [-0.2, -0.15) is 0 Å². The van der Waals surface area contributed by atoms with E-state index in [2.05, 4.69) is 20.7 Å². The average molecular weight is 1290 g/mol. The number of nitrogens with zero attached hydrogens (tertiary/aromatic N) is 6. The van der Waals surface area contributed by atoms with E-state index in [1.54, 1.807) is 72.8 Å². The van der Waals surface area contributed by atoms with Crippen molar-refractivity contribution in [3.05, 3.63) is 203 Å². The van der Waals surface area contributed by atoms with E-state index in [1.165, 1.54) is 50.5 Å². The summed E-state index contributed by atoms with van der Waals surface area (Å²) >= 11 is 0. The molecule has 4 bridgehead atoms. The molecule has 8 N–H and O–H groups in total. The zero-order chi connectivity index (χ0) is 66.9. The fraction of sp³-hybridized carbons (Fsp3) is 0.471. The summed E-state index contributed by atoms with van der Waals surface area (Å²) in [5, 5.41) is 72.5. The lowest BCUT2D eigenvalue weighted by Gasteiger charge is -2.71. The highest BCUT2D eigenvalue weighted by Crippen LogP contribution is 2.75. The van der Waals surface area contributed by atoms with Crippen LogP contribution in [0, 0.1) is 21.7 Å². The first kappa shape index (κ1) is 69.6. The molecule has 500 valence electrons. The van der Waals surface area contributed by atoms with Gasteiger partial charge in [-0.3, -0.25) is 33.6 Å². The monoisotopic (exact) mass is 1290 g/mol. The van der Waals surface area contributed by atoms with Crippen LogP contribution in [0.3, 0.4) is 0 Å². The van der Waals surface area contributed by atoms with Gasteiger partial charge in [0.25, 0.3) is 5.91 Å². The Morgan fingerprint density at radius 2 is 0.851 bits per heavy atom. The standard InChI is InChI=1S/C70H84N8O16/c71-75-74-27-12-4-11-19-59(90)72-46-69-41-67(25-20-54(85)60-63(92-37-48-13-5-1-6-14-48)56(87)22-28-76(60)31-51(82)34-79)40-68(42-69,26-21-55(86)61-64(93-38-49-15-7-2-8-16-49)57(88)23-29-77(61)32-52(83)35-80)44-70(43-67,45-69)47-73-66(91)62-65(94-39-50-17-9-3-10-18-50)58(89)24-30-78(62)33-53(84)36-81/h1-3,5-10,13-18,22-24,28-30,51-53,79-84H,4,11-12,19-21,25-27,31-47H2,(H,72,90)(H,73,91)/t51?,52?,53?,67-,68+,69?,70?. The molecule has 10 rings (SSSR count). The Kier molecular flexibility index (Phi) is 23.6. The maximum absolute atomic E-state index is 15.3. The maximum Gasteiger partial charge on any atom is 0.271 e. The van der Waals surface area contributed by atoms with Gasteiger partial charge in [0.15, 0.2) is 34.5 Å². The van der Waals surface area contributed by atoms with Crippen LogP contribution < -0.4 is 41.1 Å². The van der Waals surface area contributed by atoms with Crippen LogP contribution in [0.25, 0.3) is 10.4 Å². The van der Waals surface area contributed by atoms with Crippen molar-refractivity contribution >= 4 is 23.4 Å². The minimum absolute atomic E-state index is 0.0363. The number of hydrogen-bond donors (Lipinski definition) is 8. The molecule has 3 aromatic carbocycles. The number of nitrogens with one attached hydrogen (secondary N) is 2. The van der Waals surface area contributed by atoms with E-state index in [9.17, 15) is 49.8 Å². The molecule has 0 spiro atoms. The van der Waals surface area contributed by atoms with Crippen molar-refractivity contribution in [3.8, 4) is 17.2 Å². The molecule has 24 heteroatoms. The average Bonchev–Trinajstić information content (AvgIpc) is 0.687. The van der Waals surface area contributed by atoms with Gasteiger partial charge in [0, 0.05) is 80.6 Å². The second kappa shape index (κ2) is 31.9. The van der Waals surface area contributed by atoms with Crippen LogP contribution in [0.15, 0.2) is 147 Å². The van der Waals surface area contributed by atoms with Crippen molar-refractivity contribution in [1.29, 1.82) is 0 Å². The second-order valence-electron chi connectivity index (χ2n) is 26.0. The zero-order valence-corrected chi connectivity index (χ0v) is 52.7. The highest BCUT2D eigenvalue weighted by atomic mass is 16.5. The predicted molar refractivity (Wildman–Crippen MR) is 346 cm³/mol. The summed E-state index contributed by atoms with van der Waals surface area (Å²) in [5.41, 5.74) is 5.49. The number of carbonyl (C=O) groups excluding carboxylic acids is 4. The second-order valence-corrected chi connectivity index (χ2v) is 26.0. The third kappa shape index (κ3) is 17.5. The molecule has 4 saturated carbocycles. The molecule has 4 fully saturated rings. The van der Waals surface area contributed by atoms with Crippen LogP contribution in [0.4, 0.5) is 0 Å². The first-order chi connectivity index (χ1) is 45.3. The number of ketones is 2. The molecule has 4 aliphatic rings. The van der Waals surface area contributed by atoms with Crippen molar-refractivity contribution < 1.29 is 64.0 Å². The van der Waals surface area contributed by atoms with E-state index in [4.69, 9.17) is 19.7 Å². The Morgan fingerprint density at radius 1 is 0.489 bits per heavy atom. The predicted octanol–water partition coefficient (Wildman–Crippen LogP) is 6.34. The summed E-state index contributed by atoms with van der Waals surface area (Å²) in [4.78, 5) is 104. The Balaban J connectivity index is 1.12. The smallest absolute Gasteiger partial charge is 0.271 e. The number of aliphatic hydroxyl groups excluding tert-OH is 6. The van der Waals surface area contributed by atoms with Gasteiger partial charge in [-0.1, -0.05) is 103 Å². The third-order valence-electron chi connectivity index (χ3n) is 18.4. The van der Waals surface area contributed by atoms with E-state index in [0.29, 0.717) is 74.5 Å². The summed E-state index contributed by atoms with van der Waals surface area (Å²) in [5.74, 6) is -2.73. The fourth-order valence-corrected chi connectivity index (χ4v) is 15.2. The van der Waals surface area contributed by atoms with E-state index in [1.807, 2.05) is 18.2 Å². The molecule has 94 heavy (non-hydrogen) atoms. The number of benzene rings is 3. The molecule has 24 nitrogen and oxygen atoms in total. The maximum atomic E-state index is 15.3. The summed E-state index contributed by atoms with van der Waals surface area (Å²) in [6.07, 6.45) is 4.65. The minimum Gasteiger partial charge on any atom is -0.483 e. The Bertz CT molecular complexity index is 3470. The zero-order valence-electron chi connectivity index (χ0n) is 52.7. The van der Waals surface area contributed by atoms with Crippen molar-refractivity contribution in [2.24, 2.45) is 26.8 Å². The lowest BCUT2D eigenvalue weighted by atomic mass is 9.34. The molecular weight excluding hydrogens is 1210 g/mol. The van der Waals surface area contributed by atoms with Gasteiger partial charge in [-0.15, -0.1) is 0 Å². The summed E-state index contributed by atoms with van der Waals surface area (Å²) in [6, 6.07) is 30.8. The number of amides is 2. The first-order valence-electron chi connectivity index (χ1n) is 32.0. The van der Waals surface area contributed by atoms with Crippen LogP contribution in [0.5, 0.6) is 17.2 Å². The van der Waals surface area contributed by atoms with Crippen molar-refractivity contribution in [1.82, 2.24) is 24.3 Å². The molecular formula is C70H84N8O16. The van der Waals surface area contributed by atoms with Gasteiger partial charge in [0.05, 0.1) is 57.8 Å². The normalized spacial score (nSPS) is 20.3. The number of Topliss-reactive ketones (excluding diaryl/α,β-unsaturated/α-hetero) is 2. The molecule has 7 atom stereocenters. The molecule has 2 amide bonds. The molecule has 5 unspecified atom stereocenters. The number of hydrogen-bond acceptors (Lipinski definition) is 17. The number of aromatic nitrogens is 3. The van der Waals surface area contributed by atoms with E-state index in [0.717, 1.165) is 0 Å². The number of carbonyl (C=O) groups is 4. The van der Waals surface area contributed by atoms with Crippen molar-refractivity contribution in [2.75, 3.05) is 39.5 Å². The van der Waals surface area contributed by atoms with E-state index >= 15 is 14.4 Å². The number of unbranched alkanes of at least 4 members (excludes halogenated alkanes) is 2. The quantitative estimate of drug-likeness (QED) is 0.00693. The molecule has 0 aliphatic heterocycles. The van der Waals surface area contributed by atoms with Crippen LogP contribution in [0.2, 0.25) is 0 Å². The van der Waals surface area contributed by atoms with E-state index < -0.39 is 93.6 Å².